The summed E-state index contributed by atoms with van der Waals surface area (Å²) in [5, 5.41) is 2.79. The summed E-state index contributed by atoms with van der Waals surface area (Å²) in [6.45, 7) is 5.35. The van der Waals surface area contributed by atoms with Crippen LogP contribution in [0.1, 0.15) is 52.9 Å². The van der Waals surface area contributed by atoms with Crippen LogP contribution < -0.4 is 5.32 Å². The molecule has 2 atom stereocenters. The number of urea groups is 1. The van der Waals surface area contributed by atoms with Crippen molar-refractivity contribution in [2.75, 3.05) is 19.7 Å². The van der Waals surface area contributed by atoms with E-state index in [-0.39, 0.29) is 17.2 Å². The molecule has 0 unspecified atom stereocenters. The lowest BCUT2D eigenvalue weighted by Crippen LogP contribution is -2.54. The van der Waals surface area contributed by atoms with E-state index in [1.54, 1.807) is 0 Å². The molecule has 1 saturated carbocycles. The number of esters is 1. The van der Waals surface area contributed by atoms with Gasteiger partial charge in [-0.2, -0.15) is 0 Å². The van der Waals surface area contributed by atoms with Gasteiger partial charge in [-0.1, -0.05) is 20.8 Å². The van der Waals surface area contributed by atoms with E-state index in [0.717, 1.165) is 16.2 Å². The molecule has 3 aliphatic rings. The monoisotopic (exact) mass is 393 g/mol. The predicted octanol–water partition coefficient (Wildman–Crippen LogP) is 0.815. The number of nitrogens with one attached hydrogen (secondary N) is 1. The van der Waals surface area contributed by atoms with E-state index in [9.17, 15) is 24.0 Å². The molecule has 0 bridgehead atoms. The molecule has 1 spiro atoms. The Kier molecular flexibility index (Phi) is 5.20. The van der Waals surface area contributed by atoms with Gasteiger partial charge in [0.15, 0.2) is 6.61 Å². The molecular formula is C19H27N3O6. The molecule has 0 radical (unpaired) electrons. The molecule has 9 heteroatoms. The number of carbonyl (C=O) groups is 5. The van der Waals surface area contributed by atoms with E-state index in [1.165, 1.54) is 0 Å². The summed E-state index contributed by atoms with van der Waals surface area (Å²) >= 11 is 0. The molecule has 9 nitrogen and oxygen atoms in total. The summed E-state index contributed by atoms with van der Waals surface area (Å²) in [7, 11) is 0. The molecule has 5 amide bonds. The zero-order valence-electron chi connectivity index (χ0n) is 16.6. The van der Waals surface area contributed by atoms with E-state index >= 15 is 0 Å². The fourth-order valence-electron chi connectivity index (χ4n) is 4.96. The van der Waals surface area contributed by atoms with Gasteiger partial charge in [-0.25, -0.2) is 4.79 Å². The van der Waals surface area contributed by atoms with E-state index in [0.29, 0.717) is 32.2 Å². The molecule has 3 rings (SSSR count). The van der Waals surface area contributed by atoms with Crippen LogP contribution in [0.3, 0.4) is 0 Å². The normalized spacial score (nSPS) is 29.4. The van der Waals surface area contributed by atoms with Crippen molar-refractivity contribution in [1.82, 2.24) is 15.1 Å². The second-order valence-corrected chi connectivity index (χ2v) is 8.96. The first-order valence-corrected chi connectivity index (χ1v) is 9.66. The Bertz CT molecular complexity index is 733. The van der Waals surface area contributed by atoms with E-state index in [2.05, 4.69) is 19.2 Å². The highest BCUT2D eigenvalue weighted by Crippen LogP contribution is 2.46. The Hall–Kier alpha value is -2.45. The predicted molar refractivity (Wildman–Crippen MR) is 96.7 cm³/mol. The Balaban J connectivity index is 1.59. The first kappa shape index (κ1) is 20.3. The third-order valence-corrected chi connectivity index (χ3v) is 5.64. The van der Waals surface area contributed by atoms with Gasteiger partial charge in [-0.3, -0.25) is 29.0 Å². The van der Waals surface area contributed by atoms with Crippen LogP contribution in [-0.4, -0.2) is 64.8 Å². The van der Waals surface area contributed by atoms with Crippen LogP contribution in [0, 0.1) is 11.3 Å². The minimum Gasteiger partial charge on any atom is -0.454 e. The topological polar surface area (TPSA) is 113 Å². The number of amides is 5. The third kappa shape index (κ3) is 3.88. The van der Waals surface area contributed by atoms with Gasteiger partial charge < -0.3 is 10.1 Å². The SMILES string of the molecule is C[C@@H]1CC(C)(C)C[C@]2(C1)NC(=O)N(CC(=O)OCC(=O)N1CCCC1=O)C2=O. The fraction of sp³-hybridized carbons (Fsp3) is 0.737. The quantitative estimate of drug-likeness (QED) is 0.559. The number of likely N-dealkylation sites (tertiary alicyclic amines) is 1. The molecule has 1 N–H and O–H groups in total. The zero-order valence-corrected chi connectivity index (χ0v) is 16.6. The van der Waals surface area contributed by atoms with E-state index < -0.39 is 42.5 Å². The molecule has 1 aliphatic carbocycles. The second-order valence-electron chi connectivity index (χ2n) is 8.96. The van der Waals surface area contributed by atoms with Crippen LogP contribution in [0.2, 0.25) is 0 Å². The molecule has 28 heavy (non-hydrogen) atoms. The van der Waals surface area contributed by atoms with Crippen LogP contribution in [0.15, 0.2) is 0 Å². The highest BCUT2D eigenvalue weighted by Gasteiger charge is 2.56. The Labute approximate surface area is 163 Å². The van der Waals surface area contributed by atoms with Crippen molar-refractivity contribution in [2.45, 2.75) is 58.4 Å². The van der Waals surface area contributed by atoms with Gasteiger partial charge in [0, 0.05) is 13.0 Å². The average Bonchev–Trinajstić information content (AvgIpc) is 3.08. The molecular weight excluding hydrogens is 366 g/mol. The molecule has 154 valence electrons. The van der Waals surface area contributed by atoms with Crippen molar-refractivity contribution < 1.29 is 28.7 Å². The van der Waals surface area contributed by atoms with Gasteiger partial charge in [0.05, 0.1) is 0 Å². The van der Waals surface area contributed by atoms with Crippen LogP contribution in [-0.2, 0) is 23.9 Å². The van der Waals surface area contributed by atoms with Crippen molar-refractivity contribution in [3.05, 3.63) is 0 Å². The highest BCUT2D eigenvalue weighted by molar-refractivity contribution is 6.09. The molecule has 0 aromatic carbocycles. The summed E-state index contributed by atoms with van der Waals surface area (Å²) in [4.78, 5) is 62.8. The number of carbonyl (C=O) groups excluding carboxylic acids is 5. The van der Waals surface area contributed by atoms with Gasteiger partial charge in [0.2, 0.25) is 5.91 Å². The summed E-state index contributed by atoms with van der Waals surface area (Å²) in [5.41, 5.74) is -1.10. The van der Waals surface area contributed by atoms with Gasteiger partial charge in [-0.05, 0) is 37.0 Å². The van der Waals surface area contributed by atoms with Gasteiger partial charge in [0.1, 0.15) is 12.1 Å². The number of hydrogen-bond acceptors (Lipinski definition) is 6. The van der Waals surface area contributed by atoms with Gasteiger partial charge in [0.25, 0.3) is 11.8 Å². The van der Waals surface area contributed by atoms with Crippen molar-refractivity contribution in [2.24, 2.45) is 11.3 Å². The highest BCUT2D eigenvalue weighted by atomic mass is 16.5. The first-order chi connectivity index (χ1) is 13.0. The molecule has 3 fully saturated rings. The Morgan fingerprint density at radius 2 is 1.93 bits per heavy atom. The first-order valence-electron chi connectivity index (χ1n) is 9.66. The van der Waals surface area contributed by atoms with Crippen LogP contribution in [0.5, 0.6) is 0 Å². The Morgan fingerprint density at radius 3 is 2.54 bits per heavy atom. The number of nitrogens with zero attached hydrogens (tertiary/aromatic N) is 2. The number of hydrogen-bond donors (Lipinski definition) is 1. The molecule has 2 aliphatic heterocycles. The lowest BCUT2D eigenvalue weighted by molar-refractivity contribution is -0.156. The molecule has 0 aromatic heterocycles. The lowest BCUT2D eigenvalue weighted by atomic mass is 9.64. The summed E-state index contributed by atoms with van der Waals surface area (Å²) < 4.78 is 4.90. The summed E-state index contributed by atoms with van der Waals surface area (Å²) in [6.07, 6.45) is 2.90. The smallest absolute Gasteiger partial charge is 0.326 e. The number of rotatable bonds is 4. The summed E-state index contributed by atoms with van der Waals surface area (Å²) in [6, 6.07) is -0.618. The molecule has 2 saturated heterocycles. The molecule has 0 aromatic rings. The van der Waals surface area contributed by atoms with Crippen molar-refractivity contribution in [1.29, 1.82) is 0 Å². The minimum atomic E-state index is -0.990. The van der Waals surface area contributed by atoms with Crippen LogP contribution in [0.4, 0.5) is 4.79 Å². The van der Waals surface area contributed by atoms with Crippen molar-refractivity contribution in [3.63, 3.8) is 0 Å². The van der Waals surface area contributed by atoms with Crippen LogP contribution in [0.25, 0.3) is 0 Å². The molecule has 2 heterocycles. The lowest BCUT2D eigenvalue weighted by Gasteiger charge is -2.43. The maximum atomic E-state index is 13.0. The van der Waals surface area contributed by atoms with Crippen molar-refractivity contribution >= 4 is 29.7 Å². The third-order valence-electron chi connectivity index (χ3n) is 5.64. The largest absolute Gasteiger partial charge is 0.454 e. The maximum absolute atomic E-state index is 13.0. The minimum absolute atomic E-state index is 0.105. The van der Waals surface area contributed by atoms with E-state index in [4.69, 9.17) is 4.74 Å². The Morgan fingerprint density at radius 1 is 1.21 bits per heavy atom. The number of imide groups is 2. The number of ether oxygens (including phenoxy) is 1. The standard InChI is InChI=1S/C19H27N3O6/c1-12-7-18(2,3)11-19(8-12)16(26)22(17(27)20-19)9-15(25)28-10-14(24)21-6-4-5-13(21)23/h12H,4-11H2,1-3H3,(H,20,27)/t12-,19+/m1/s1. The van der Waals surface area contributed by atoms with E-state index in [1.807, 2.05) is 6.92 Å². The van der Waals surface area contributed by atoms with Gasteiger partial charge >= 0.3 is 12.0 Å². The zero-order chi connectivity index (χ0) is 20.7. The maximum Gasteiger partial charge on any atom is 0.326 e. The van der Waals surface area contributed by atoms with Crippen LogP contribution >= 0.6 is 0 Å². The van der Waals surface area contributed by atoms with Crippen molar-refractivity contribution in [3.8, 4) is 0 Å². The van der Waals surface area contributed by atoms with Gasteiger partial charge in [-0.15, -0.1) is 0 Å². The fourth-order valence-corrected chi connectivity index (χ4v) is 4.96. The average molecular weight is 393 g/mol. The summed E-state index contributed by atoms with van der Waals surface area (Å²) in [5.74, 6) is -1.90. The second kappa shape index (κ2) is 7.18.